The zero-order chi connectivity index (χ0) is 24.6. The molecule has 9 heteroatoms. The van der Waals surface area contributed by atoms with Crippen LogP contribution in [0.5, 0.6) is 17.2 Å². The minimum Gasteiger partial charge on any atom is -0.497 e. The van der Waals surface area contributed by atoms with Gasteiger partial charge in [0.2, 0.25) is 4.96 Å². The molecular weight excluding hydrogens is 476 g/mol. The fourth-order valence-electron chi connectivity index (χ4n) is 4.04. The molecule has 0 spiro atoms. The first-order chi connectivity index (χ1) is 17.6. The van der Waals surface area contributed by atoms with Gasteiger partial charge in [0.15, 0.2) is 5.76 Å². The quantitative estimate of drug-likeness (QED) is 0.260. The van der Waals surface area contributed by atoms with Gasteiger partial charge in [-0.25, -0.2) is 9.50 Å². The van der Waals surface area contributed by atoms with E-state index < -0.39 is 0 Å². The molecular formula is C27H22N4O4S. The molecule has 0 radical (unpaired) electrons. The molecule has 4 heterocycles. The fourth-order valence-corrected chi connectivity index (χ4v) is 4.77. The summed E-state index contributed by atoms with van der Waals surface area (Å²) in [6.07, 6.45) is 3.58. The molecule has 0 bridgehead atoms. The van der Waals surface area contributed by atoms with Crippen LogP contribution in [0, 0.1) is 6.92 Å². The van der Waals surface area contributed by atoms with Crippen LogP contribution in [0.3, 0.4) is 0 Å². The first-order valence-electron chi connectivity index (χ1n) is 11.3. The predicted molar refractivity (Wildman–Crippen MR) is 138 cm³/mol. The molecule has 0 saturated heterocycles. The summed E-state index contributed by atoms with van der Waals surface area (Å²) in [5, 5.41) is 6.35. The van der Waals surface area contributed by atoms with E-state index >= 15 is 0 Å². The number of hydrogen-bond donors (Lipinski definition) is 0. The summed E-state index contributed by atoms with van der Waals surface area (Å²) in [5.41, 5.74) is 4.19. The molecule has 6 aromatic rings. The lowest BCUT2D eigenvalue weighted by Crippen LogP contribution is -1.97. The highest BCUT2D eigenvalue weighted by Crippen LogP contribution is 2.34. The van der Waals surface area contributed by atoms with Gasteiger partial charge in [0.25, 0.3) is 0 Å². The van der Waals surface area contributed by atoms with E-state index in [0.29, 0.717) is 23.7 Å². The molecule has 0 aliphatic carbocycles. The lowest BCUT2D eigenvalue weighted by atomic mass is 10.1. The maximum absolute atomic E-state index is 6.19. The van der Waals surface area contributed by atoms with Crippen LogP contribution >= 0.6 is 11.3 Å². The highest BCUT2D eigenvalue weighted by molar-refractivity contribution is 7.16. The standard InChI is InChI=1S/C27H22N4O4S/c1-16-30-31-14-24(29-27(31)36-16)26-12-22-18(10-21(33-3)11-25(22)35-26)15-34-19-6-4-5-17(9-19)23-8-7-20(32-2)13-28-23/h4-14H,15H2,1-3H3. The minimum absolute atomic E-state index is 0.338. The number of fused-ring (bicyclic) bond motifs is 2. The van der Waals surface area contributed by atoms with Gasteiger partial charge in [-0.05, 0) is 43.3 Å². The molecule has 0 atom stereocenters. The predicted octanol–water partition coefficient (Wildman–Crippen LogP) is 6.17. The maximum Gasteiger partial charge on any atom is 0.212 e. The number of ether oxygens (including phenoxy) is 3. The topological polar surface area (TPSA) is 83.9 Å². The van der Waals surface area contributed by atoms with Crippen molar-refractivity contribution in [2.24, 2.45) is 0 Å². The third-order valence-corrected chi connectivity index (χ3v) is 6.66. The van der Waals surface area contributed by atoms with Crippen molar-refractivity contribution >= 4 is 27.3 Å². The SMILES string of the molecule is COc1ccc(-c2cccc(OCc3cc(OC)cc4oc(-c5cn6nc(C)sc6n5)cc34)c2)nc1. The molecule has 0 N–H and O–H groups in total. The van der Waals surface area contributed by atoms with E-state index in [0.717, 1.165) is 49.4 Å². The van der Waals surface area contributed by atoms with Crippen molar-refractivity contribution in [3.63, 3.8) is 0 Å². The van der Waals surface area contributed by atoms with Crippen LogP contribution in [0.25, 0.3) is 38.6 Å². The minimum atomic E-state index is 0.338. The van der Waals surface area contributed by atoms with E-state index in [4.69, 9.17) is 18.6 Å². The zero-order valence-electron chi connectivity index (χ0n) is 19.9. The van der Waals surface area contributed by atoms with E-state index in [9.17, 15) is 0 Å². The number of rotatable bonds is 7. The Morgan fingerprint density at radius 2 is 1.83 bits per heavy atom. The number of hydrogen-bond acceptors (Lipinski definition) is 8. The lowest BCUT2D eigenvalue weighted by Gasteiger charge is -2.10. The summed E-state index contributed by atoms with van der Waals surface area (Å²) in [4.78, 5) is 9.96. The first-order valence-corrected chi connectivity index (χ1v) is 12.1. The van der Waals surface area contributed by atoms with Crippen LogP contribution in [0.15, 0.2) is 71.4 Å². The van der Waals surface area contributed by atoms with Gasteiger partial charge in [0.05, 0.1) is 32.3 Å². The van der Waals surface area contributed by atoms with Gasteiger partial charge >= 0.3 is 0 Å². The Morgan fingerprint density at radius 1 is 0.944 bits per heavy atom. The van der Waals surface area contributed by atoms with Crippen LogP contribution in [0.4, 0.5) is 0 Å². The number of furan rings is 1. The van der Waals surface area contributed by atoms with Crippen LogP contribution in [0.2, 0.25) is 0 Å². The van der Waals surface area contributed by atoms with Gasteiger partial charge in [-0.3, -0.25) is 4.98 Å². The van der Waals surface area contributed by atoms with E-state index in [1.54, 1.807) is 24.9 Å². The van der Waals surface area contributed by atoms with Crippen molar-refractivity contribution in [2.75, 3.05) is 14.2 Å². The zero-order valence-corrected chi connectivity index (χ0v) is 20.7. The van der Waals surface area contributed by atoms with Crippen LogP contribution < -0.4 is 14.2 Å². The van der Waals surface area contributed by atoms with Gasteiger partial charge in [0, 0.05) is 22.6 Å². The van der Waals surface area contributed by atoms with E-state index in [-0.39, 0.29) is 0 Å². The number of pyridine rings is 1. The van der Waals surface area contributed by atoms with Gasteiger partial charge in [0.1, 0.15) is 40.1 Å². The number of imidazole rings is 1. The second-order valence-corrected chi connectivity index (χ2v) is 9.34. The Kier molecular flexibility index (Phi) is 5.54. The Morgan fingerprint density at radius 3 is 2.61 bits per heavy atom. The molecule has 0 aliphatic rings. The maximum atomic E-state index is 6.19. The number of nitrogens with zero attached hydrogens (tertiary/aromatic N) is 4. The molecule has 6 rings (SSSR count). The summed E-state index contributed by atoms with van der Waals surface area (Å²) in [7, 11) is 3.26. The van der Waals surface area contributed by atoms with Crippen molar-refractivity contribution in [1.29, 1.82) is 0 Å². The molecule has 36 heavy (non-hydrogen) atoms. The lowest BCUT2D eigenvalue weighted by molar-refractivity contribution is 0.307. The second kappa shape index (κ2) is 9.01. The highest BCUT2D eigenvalue weighted by atomic mass is 32.1. The Balaban J connectivity index is 1.29. The normalized spacial score (nSPS) is 11.3. The fraction of sp³-hybridized carbons (Fsp3) is 0.148. The summed E-state index contributed by atoms with van der Waals surface area (Å²) in [5.74, 6) is 2.82. The second-order valence-electron chi connectivity index (χ2n) is 8.18. The van der Waals surface area contributed by atoms with Gasteiger partial charge in [-0.1, -0.05) is 23.5 Å². The highest BCUT2D eigenvalue weighted by Gasteiger charge is 2.16. The Bertz CT molecular complexity index is 1650. The summed E-state index contributed by atoms with van der Waals surface area (Å²) >= 11 is 1.54. The number of aromatic nitrogens is 4. The third-order valence-electron chi connectivity index (χ3n) is 5.83. The Labute approximate surface area is 210 Å². The van der Waals surface area contributed by atoms with Crippen LogP contribution in [-0.4, -0.2) is 33.8 Å². The average molecular weight is 499 g/mol. The van der Waals surface area contributed by atoms with Crippen LogP contribution in [0.1, 0.15) is 10.6 Å². The molecule has 2 aromatic carbocycles. The molecule has 4 aromatic heterocycles. The Hall–Kier alpha value is -4.37. The summed E-state index contributed by atoms with van der Waals surface area (Å²) in [6, 6.07) is 17.5. The van der Waals surface area contributed by atoms with Crippen LogP contribution in [-0.2, 0) is 6.61 Å². The number of benzene rings is 2. The van der Waals surface area contributed by atoms with E-state index in [1.807, 2.05) is 67.7 Å². The van der Waals surface area contributed by atoms with Gasteiger partial charge < -0.3 is 18.6 Å². The van der Waals surface area contributed by atoms with E-state index in [1.165, 1.54) is 11.3 Å². The molecule has 0 amide bonds. The number of aryl methyl sites for hydroxylation is 1. The largest absolute Gasteiger partial charge is 0.497 e. The molecule has 0 saturated carbocycles. The van der Waals surface area contributed by atoms with E-state index in [2.05, 4.69) is 15.1 Å². The molecule has 180 valence electrons. The molecule has 0 unspecified atom stereocenters. The summed E-state index contributed by atoms with van der Waals surface area (Å²) in [6.45, 7) is 2.30. The monoisotopic (exact) mass is 498 g/mol. The van der Waals surface area contributed by atoms with Crippen molar-refractivity contribution < 1.29 is 18.6 Å². The molecule has 0 aliphatic heterocycles. The summed E-state index contributed by atoms with van der Waals surface area (Å²) < 4.78 is 24.8. The smallest absolute Gasteiger partial charge is 0.212 e. The molecule has 0 fully saturated rings. The third kappa shape index (κ3) is 4.14. The van der Waals surface area contributed by atoms with Gasteiger partial charge in [-0.15, -0.1) is 0 Å². The van der Waals surface area contributed by atoms with Crippen molar-refractivity contribution in [2.45, 2.75) is 13.5 Å². The van der Waals surface area contributed by atoms with Crippen molar-refractivity contribution in [3.8, 4) is 40.0 Å². The average Bonchev–Trinajstić information content (AvgIpc) is 3.60. The van der Waals surface area contributed by atoms with Crippen molar-refractivity contribution in [1.82, 2.24) is 19.6 Å². The molecule has 8 nitrogen and oxygen atoms in total. The first kappa shape index (κ1) is 22.1. The van der Waals surface area contributed by atoms with Gasteiger partial charge in [-0.2, -0.15) is 5.10 Å². The van der Waals surface area contributed by atoms with Crippen molar-refractivity contribution in [3.05, 3.63) is 77.6 Å². The number of methoxy groups -OCH3 is 2.